The molecule has 0 radical (unpaired) electrons. The standard InChI is InChI=1S/C19H23NO3S/c1-19(2,3)23-18(22)20-10-11-24-17(20)16(21)15-9-8-13-6-4-5-7-14(13)12-15/h4-9,12,16-17,21H,10-11H2,1-3H3/t16-,17-/m0/s1. The Hall–Kier alpha value is -1.72. The van der Waals surface area contributed by atoms with E-state index in [1.54, 1.807) is 16.7 Å². The second-order valence-corrected chi connectivity index (χ2v) is 8.21. The van der Waals surface area contributed by atoms with E-state index in [4.69, 9.17) is 4.74 Å². The Balaban J connectivity index is 1.81. The van der Waals surface area contributed by atoms with Gasteiger partial charge in [-0.25, -0.2) is 4.79 Å². The van der Waals surface area contributed by atoms with Crippen molar-refractivity contribution < 1.29 is 14.6 Å². The summed E-state index contributed by atoms with van der Waals surface area (Å²) in [5.41, 5.74) is 0.282. The number of carbonyl (C=O) groups is 1. The van der Waals surface area contributed by atoms with E-state index in [9.17, 15) is 9.90 Å². The van der Waals surface area contributed by atoms with Crippen molar-refractivity contribution in [2.75, 3.05) is 12.3 Å². The molecule has 4 nitrogen and oxygen atoms in total. The lowest BCUT2D eigenvalue weighted by atomic mass is 10.0. The molecule has 0 spiro atoms. The third kappa shape index (κ3) is 3.68. The van der Waals surface area contributed by atoms with Crippen LogP contribution < -0.4 is 0 Å². The molecule has 1 aliphatic rings. The van der Waals surface area contributed by atoms with Crippen molar-refractivity contribution in [1.29, 1.82) is 0 Å². The van der Waals surface area contributed by atoms with Crippen LogP contribution >= 0.6 is 11.8 Å². The van der Waals surface area contributed by atoms with Gasteiger partial charge in [0.25, 0.3) is 0 Å². The van der Waals surface area contributed by atoms with Gasteiger partial charge in [0, 0.05) is 12.3 Å². The minimum atomic E-state index is -0.741. The number of rotatable bonds is 2. The first-order valence-corrected chi connectivity index (χ1v) is 9.18. The molecule has 1 N–H and O–H groups in total. The van der Waals surface area contributed by atoms with E-state index in [1.165, 1.54) is 0 Å². The second-order valence-electron chi connectivity index (χ2n) is 6.99. The van der Waals surface area contributed by atoms with Crippen LogP contribution in [0.3, 0.4) is 0 Å². The van der Waals surface area contributed by atoms with Crippen LogP contribution in [0, 0.1) is 0 Å². The van der Waals surface area contributed by atoms with Crippen molar-refractivity contribution >= 4 is 28.6 Å². The van der Waals surface area contributed by atoms with Crippen LogP contribution in [-0.4, -0.2) is 39.4 Å². The second kappa shape index (κ2) is 6.65. The minimum Gasteiger partial charge on any atom is -0.444 e. The zero-order chi connectivity index (χ0) is 17.3. The number of nitrogens with zero attached hydrogens (tertiary/aromatic N) is 1. The molecule has 128 valence electrons. The van der Waals surface area contributed by atoms with Crippen molar-refractivity contribution in [3.63, 3.8) is 0 Å². The quantitative estimate of drug-likeness (QED) is 0.887. The minimum absolute atomic E-state index is 0.319. The fraction of sp³-hybridized carbons (Fsp3) is 0.421. The number of hydrogen-bond acceptors (Lipinski definition) is 4. The van der Waals surface area contributed by atoms with Gasteiger partial charge in [-0.05, 0) is 43.2 Å². The Labute approximate surface area is 146 Å². The van der Waals surface area contributed by atoms with Crippen molar-refractivity contribution in [2.24, 2.45) is 0 Å². The number of aliphatic hydroxyl groups is 1. The van der Waals surface area contributed by atoms with Gasteiger partial charge in [-0.3, -0.25) is 4.90 Å². The van der Waals surface area contributed by atoms with Gasteiger partial charge in [0.15, 0.2) is 0 Å². The number of carbonyl (C=O) groups excluding carboxylic acids is 1. The number of amides is 1. The SMILES string of the molecule is CC(C)(C)OC(=O)N1CCS[C@H]1[C@@H](O)c1ccc2ccccc2c1. The fourth-order valence-electron chi connectivity index (χ4n) is 2.82. The van der Waals surface area contributed by atoms with Crippen LogP contribution in [0.25, 0.3) is 10.8 Å². The predicted molar refractivity (Wildman–Crippen MR) is 98.1 cm³/mol. The molecule has 5 heteroatoms. The molecule has 1 heterocycles. The molecular formula is C19H23NO3S. The van der Waals surface area contributed by atoms with E-state index in [2.05, 4.69) is 0 Å². The average Bonchev–Trinajstić information content (AvgIpc) is 3.02. The molecule has 1 fully saturated rings. The number of ether oxygens (including phenoxy) is 1. The maximum Gasteiger partial charge on any atom is 0.411 e. The highest BCUT2D eigenvalue weighted by Gasteiger charge is 2.37. The average molecular weight is 345 g/mol. The smallest absolute Gasteiger partial charge is 0.411 e. The summed E-state index contributed by atoms with van der Waals surface area (Å²) in [5, 5.41) is 12.7. The Morgan fingerprint density at radius 1 is 1.25 bits per heavy atom. The number of benzene rings is 2. The largest absolute Gasteiger partial charge is 0.444 e. The molecule has 0 bridgehead atoms. The topological polar surface area (TPSA) is 49.8 Å². The van der Waals surface area contributed by atoms with Crippen LogP contribution in [0.2, 0.25) is 0 Å². The molecule has 1 amide bonds. The summed E-state index contributed by atoms with van der Waals surface area (Å²) >= 11 is 1.59. The van der Waals surface area contributed by atoms with Crippen LogP contribution in [0.15, 0.2) is 42.5 Å². The van der Waals surface area contributed by atoms with E-state index in [1.807, 2.05) is 63.2 Å². The van der Waals surface area contributed by atoms with Gasteiger partial charge in [0.2, 0.25) is 0 Å². The van der Waals surface area contributed by atoms with Crippen LogP contribution in [-0.2, 0) is 4.74 Å². The summed E-state index contributed by atoms with van der Waals surface area (Å²) < 4.78 is 5.47. The van der Waals surface area contributed by atoms with Crippen LogP contribution in [0.1, 0.15) is 32.4 Å². The third-order valence-electron chi connectivity index (χ3n) is 3.94. The fourth-order valence-corrected chi connectivity index (χ4v) is 4.08. The summed E-state index contributed by atoms with van der Waals surface area (Å²) in [5.74, 6) is 0.800. The van der Waals surface area contributed by atoms with Gasteiger partial charge in [-0.15, -0.1) is 11.8 Å². The molecule has 2 aromatic rings. The number of fused-ring (bicyclic) bond motifs is 1. The zero-order valence-corrected chi connectivity index (χ0v) is 15.0. The van der Waals surface area contributed by atoms with Crippen molar-refractivity contribution in [2.45, 2.75) is 37.9 Å². The monoisotopic (exact) mass is 345 g/mol. The van der Waals surface area contributed by atoms with Crippen LogP contribution in [0.4, 0.5) is 4.79 Å². The predicted octanol–water partition coefficient (Wildman–Crippen LogP) is 4.18. The Morgan fingerprint density at radius 2 is 1.96 bits per heavy atom. The summed E-state index contributed by atoms with van der Waals surface area (Å²) in [7, 11) is 0. The molecule has 24 heavy (non-hydrogen) atoms. The molecule has 1 aliphatic heterocycles. The van der Waals surface area contributed by atoms with E-state index >= 15 is 0 Å². The van der Waals surface area contributed by atoms with Crippen LogP contribution in [0.5, 0.6) is 0 Å². The first-order chi connectivity index (χ1) is 11.3. The summed E-state index contributed by atoms with van der Waals surface area (Å²) in [6.45, 7) is 6.14. The molecule has 3 rings (SSSR count). The number of aliphatic hydroxyl groups excluding tert-OH is 1. The van der Waals surface area contributed by atoms with E-state index in [0.29, 0.717) is 6.54 Å². The Bertz CT molecular complexity index is 741. The van der Waals surface area contributed by atoms with Crippen molar-refractivity contribution in [3.05, 3.63) is 48.0 Å². The lowest BCUT2D eigenvalue weighted by Gasteiger charge is -2.30. The van der Waals surface area contributed by atoms with E-state index in [-0.39, 0.29) is 11.5 Å². The lowest BCUT2D eigenvalue weighted by molar-refractivity contribution is 0.0133. The molecule has 1 saturated heterocycles. The molecule has 0 saturated carbocycles. The maximum atomic E-state index is 12.4. The normalized spacial score (nSPS) is 19.5. The van der Waals surface area contributed by atoms with E-state index < -0.39 is 11.7 Å². The first-order valence-electron chi connectivity index (χ1n) is 8.13. The van der Waals surface area contributed by atoms with Gasteiger partial charge in [0.1, 0.15) is 17.1 Å². The summed E-state index contributed by atoms with van der Waals surface area (Å²) in [6.07, 6.45) is -1.10. The Morgan fingerprint density at radius 3 is 2.67 bits per heavy atom. The van der Waals surface area contributed by atoms with Crippen molar-refractivity contribution in [1.82, 2.24) is 4.90 Å². The highest BCUT2D eigenvalue weighted by Crippen LogP contribution is 2.36. The Kier molecular flexibility index (Phi) is 4.74. The van der Waals surface area contributed by atoms with Gasteiger partial charge < -0.3 is 9.84 Å². The van der Waals surface area contributed by atoms with Gasteiger partial charge in [0.05, 0.1) is 0 Å². The number of thioether (sulfide) groups is 1. The van der Waals surface area contributed by atoms with Gasteiger partial charge in [-0.2, -0.15) is 0 Å². The maximum absolute atomic E-state index is 12.4. The highest BCUT2D eigenvalue weighted by atomic mass is 32.2. The zero-order valence-electron chi connectivity index (χ0n) is 14.2. The third-order valence-corrected chi connectivity index (χ3v) is 5.21. The first kappa shape index (κ1) is 17.1. The molecular weight excluding hydrogens is 322 g/mol. The molecule has 0 aromatic heterocycles. The molecule has 2 aromatic carbocycles. The van der Waals surface area contributed by atoms with Crippen molar-refractivity contribution in [3.8, 4) is 0 Å². The summed E-state index contributed by atoms with van der Waals surface area (Å²) in [4.78, 5) is 14.0. The molecule has 0 aliphatic carbocycles. The molecule has 2 atom stereocenters. The van der Waals surface area contributed by atoms with E-state index in [0.717, 1.165) is 22.1 Å². The summed E-state index contributed by atoms with van der Waals surface area (Å²) in [6, 6.07) is 14.0. The molecule has 0 unspecified atom stereocenters. The number of hydrogen-bond donors (Lipinski definition) is 1. The van der Waals surface area contributed by atoms with Gasteiger partial charge >= 0.3 is 6.09 Å². The lowest BCUT2D eigenvalue weighted by Crippen LogP contribution is -2.41. The van der Waals surface area contributed by atoms with Gasteiger partial charge in [-0.1, -0.05) is 36.4 Å². The highest BCUT2D eigenvalue weighted by molar-refractivity contribution is 8.00.